The van der Waals surface area contributed by atoms with Crippen molar-refractivity contribution >= 4 is 0 Å². The third kappa shape index (κ3) is 7.16. The van der Waals surface area contributed by atoms with Crippen LogP contribution in [0.3, 0.4) is 0 Å². The van der Waals surface area contributed by atoms with E-state index in [1.54, 1.807) is 0 Å². The van der Waals surface area contributed by atoms with E-state index in [1.807, 2.05) is 18.5 Å². The van der Waals surface area contributed by atoms with E-state index in [1.165, 1.54) is 12.0 Å². The maximum atomic E-state index is 5.85. The van der Waals surface area contributed by atoms with Crippen LogP contribution in [0.25, 0.3) is 0 Å². The summed E-state index contributed by atoms with van der Waals surface area (Å²) in [4.78, 5) is 4.15. The maximum Gasteiger partial charge on any atom is 0.142 e. The molecule has 1 rings (SSSR count). The first kappa shape index (κ1) is 16.0. The first-order valence-electron chi connectivity index (χ1n) is 7.19. The fraction of sp³-hybridized carbons (Fsp3) is 0.688. The summed E-state index contributed by atoms with van der Waals surface area (Å²) in [6.45, 7) is 12.6. The molecule has 0 atom stereocenters. The number of ether oxygens (including phenoxy) is 1. The molecule has 0 saturated carbocycles. The molecule has 0 aliphatic heterocycles. The van der Waals surface area contributed by atoms with E-state index in [-0.39, 0.29) is 5.54 Å². The zero-order valence-corrected chi connectivity index (χ0v) is 13.0. The van der Waals surface area contributed by atoms with Crippen molar-refractivity contribution in [1.82, 2.24) is 10.3 Å². The molecule has 19 heavy (non-hydrogen) atoms. The first-order chi connectivity index (χ1) is 8.88. The third-order valence-corrected chi connectivity index (χ3v) is 2.86. The van der Waals surface area contributed by atoms with Crippen molar-refractivity contribution in [2.75, 3.05) is 6.61 Å². The predicted molar refractivity (Wildman–Crippen MR) is 80.4 cm³/mol. The van der Waals surface area contributed by atoms with Gasteiger partial charge in [0, 0.05) is 23.8 Å². The Morgan fingerprint density at radius 3 is 2.68 bits per heavy atom. The van der Waals surface area contributed by atoms with Crippen LogP contribution in [0.15, 0.2) is 18.5 Å². The summed E-state index contributed by atoms with van der Waals surface area (Å²) >= 11 is 0. The molecule has 1 N–H and O–H groups in total. The molecule has 0 aliphatic carbocycles. The lowest BCUT2D eigenvalue weighted by atomic mass is 10.1. The number of pyridine rings is 1. The van der Waals surface area contributed by atoms with E-state index in [0.717, 1.165) is 31.2 Å². The van der Waals surface area contributed by atoms with Gasteiger partial charge in [0.05, 0.1) is 12.8 Å². The van der Waals surface area contributed by atoms with Crippen LogP contribution in [0, 0.1) is 5.92 Å². The molecule has 0 spiro atoms. The van der Waals surface area contributed by atoms with E-state index in [2.05, 4.69) is 44.9 Å². The number of nitrogens with zero attached hydrogens (tertiary/aromatic N) is 1. The van der Waals surface area contributed by atoms with Gasteiger partial charge in [-0.2, -0.15) is 0 Å². The Morgan fingerprint density at radius 2 is 2.05 bits per heavy atom. The van der Waals surface area contributed by atoms with E-state index >= 15 is 0 Å². The Labute approximate surface area is 117 Å². The van der Waals surface area contributed by atoms with Crippen molar-refractivity contribution in [2.24, 2.45) is 5.92 Å². The second kappa shape index (κ2) is 7.49. The molecule has 3 heteroatoms. The maximum absolute atomic E-state index is 5.85. The van der Waals surface area contributed by atoms with Gasteiger partial charge in [0.1, 0.15) is 5.75 Å². The van der Waals surface area contributed by atoms with Gasteiger partial charge in [-0.1, -0.05) is 13.8 Å². The Morgan fingerprint density at radius 1 is 1.32 bits per heavy atom. The monoisotopic (exact) mass is 264 g/mol. The van der Waals surface area contributed by atoms with Crippen molar-refractivity contribution in [3.63, 3.8) is 0 Å². The van der Waals surface area contributed by atoms with E-state index in [4.69, 9.17) is 4.74 Å². The molecule has 0 unspecified atom stereocenters. The number of nitrogens with one attached hydrogen (secondary N) is 1. The first-order valence-corrected chi connectivity index (χ1v) is 7.19. The van der Waals surface area contributed by atoms with Crippen molar-refractivity contribution in [3.8, 4) is 5.75 Å². The lowest BCUT2D eigenvalue weighted by Crippen LogP contribution is -2.35. The number of hydrogen-bond donors (Lipinski definition) is 1. The fourth-order valence-corrected chi connectivity index (χ4v) is 1.72. The summed E-state index contributed by atoms with van der Waals surface area (Å²) in [7, 11) is 0. The van der Waals surface area contributed by atoms with Gasteiger partial charge in [-0.25, -0.2) is 0 Å². The lowest BCUT2D eigenvalue weighted by molar-refractivity contribution is 0.291. The summed E-state index contributed by atoms with van der Waals surface area (Å²) in [6, 6.07) is 2.02. The molecule has 0 bridgehead atoms. The largest absolute Gasteiger partial charge is 0.492 e. The van der Waals surface area contributed by atoms with Crippen LogP contribution in [-0.4, -0.2) is 17.1 Å². The molecule has 0 aromatic carbocycles. The second-order valence-corrected chi connectivity index (χ2v) is 6.47. The Hall–Kier alpha value is -1.09. The smallest absolute Gasteiger partial charge is 0.142 e. The van der Waals surface area contributed by atoms with Crippen LogP contribution in [0.1, 0.15) is 53.0 Å². The third-order valence-electron chi connectivity index (χ3n) is 2.86. The molecule has 3 nitrogen and oxygen atoms in total. The standard InChI is InChI=1S/C16H28N2O/c1-13(2)7-6-10-19-15-12-17-9-8-14(15)11-18-16(3,4)5/h8-9,12-13,18H,6-7,10-11H2,1-5H3. The molecule has 0 fully saturated rings. The minimum atomic E-state index is 0.109. The van der Waals surface area contributed by atoms with E-state index < -0.39 is 0 Å². The van der Waals surface area contributed by atoms with Crippen LogP contribution < -0.4 is 10.1 Å². The van der Waals surface area contributed by atoms with Gasteiger partial charge in [0.2, 0.25) is 0 Å². The molecular formula is C16H28N2O. The molecule has 108 valence electrons. The summed E-state index contributed by atoms with van der Waals surface area (Å²) in [5.41, 5.74) is 1.28. The average molecular weight is 264 g/mol. The molecule has 0 aliphatic rings. The molecule has 1 heterocycles. The summed E-state index contributed by atoms with van der Waals surface area (Å²) in [5, 5.41) is 3.48. The second-order valence-electron chi connectivity index (χ2n) is 6.47. The van der Waals surface area contributed by atoms with Gasteiger partial charge in [0.25, 0.3) is 0 Å². The fourth-order valence-electron chi connectivity index (χ4n) is 1.72. The molecular weight excluding hydrogens is 236 g/mol. The summed E-state index contributed by atoms with van der Waals surface area (Å²) in [5.74, 6) is 1.64. The molecule has 1 aromatic heterocycles. The number of hydrogen-bond acceptors (Lipinski definition) is 3. The highest BCUT2D eigenvalue weighted by atomic mass is 16.5. The van der Waals surface area contributed by atoms with E-state index in [0.29, 0.717) is 0 Å². The minimum absolute atomic E-state index is 0.109. The predicted octanol–water partition coefficient (Wildman–Crippen LogP) is 3.78. The summed E-state index contributed by atoms with van der Waals surface area (Å²) in [6.07, 6.45) is 5.93. The average Bonchev–Trinajstić information content (AvgIpc) is 2.32. The topological polar surface area (TPSA) is 34.1 Å². The van der Waals surface area contributed by atoms with Gasteiger partial charge in [-0.05, 0) is 45.6 Å². The van der Waals surface area contributed by atoms with Crippen LogP contribution in [0.4, 0.5) is 0 Å². The Bertz CT molecular complexity index is 369. The highest BCUT2D eigenvalue weighted by Crippen LogP contribution is 2.18. The van der Waals surface area contributed by atoms with Crippen LogP contribution >= 0.6 is 0 Å². The molecule has 0 amide bonds. The highest BCUT2D eigenvalue weighted by Gasteiger charge is 2.11. The lowest BCUT2D eigenvalue weighted by Gasteiger charge is -2.21. The van der Waals surface area contributed by atoms with Gasteiger partial charge in [-0.3, -0.25) is 4.98 Å². The minimum Gasteiger partial charge on any atom is -0.492 e. The molecule has 0 saturated heterocycles. The van der Waals surface area contributed by atoms with Gasteiger partial charge in [-0.15, -0.1) is 0 Å². The quantitative estimate of drug-likeness (QED) is 0.761. The zero-order valence-electron chi connectivity index (χ0n) is 13.0. The highest BCUT2D eigenvalue weighted by molar-refractivity contribution is 5.29. The van der Waals surface area contributed by atoms with Crippen molar-refractivity contribution in [2.45, 2.75) is 59.5 Å². The van der Waals surface area contributed by atoms with Gasteiger partial charge >= 0.3 is 0 Å². The van der Waals surface area contributed by atoms with Crippen molar-refractivity contribution < 1.29 is 4.74 Å². The van der Waals surface area contributed by atoms with Gasteiger partial charge < -0.3 is 10.1 Å². The zero-order chi connectivity index (χ0) is 14.3. The number of aromatic nitrogens is 1. The molecule has 0 radical (unpaired) electrons. The van der Waals surface area contributed by atoms with Gasteiger partial charge in [0.15, 0.2) is 0 Å². The van der Waals surface area contributed by atoms with Crippen LogP contribution in [0.5, 0.6) is 5.75 Å². The van der Waals surface area contributed by atoms with Crippen molar-refractivity contribution in [3.05, 3.63) is 24.0 Å². The van der Waals surface area contributed by atoms with E-state index in [9.17, 15) is 0 Å². The van der Waals surface area contributed by atoms with Crippen LogP contribution in [-0.2, 0) is 6.54 Å². The SMILES string of the molecule is CC(C)CCCOc1cnccc1CNC(C)(C)C. The van der Waals surface area contributed by atoms with Crippen LogP contribution in [0.2, 0.25) is 0 Å². The summed E-state index contributed by atoms with van der Waals surface area (Å²) < 4.78 is 5.85. The Kier molecular flexibility index (Phi) is 6.29. The van der Waals surface area contributed by atoms with Crippen molar-refractivity contribution in [1.29, 1.82) is 0 Å². The molecule has 1 aromatic rings. The number of rotatable bonds is 7. The normalized spacial score (nSPS) is 11.9. The Balaban J connectivity index is 2.48.